The normalized spacial score (nSPS) is 18.6. The number of amidine groups is 1. The number of rotatable bonds is 7. The zero-order valence-corrected chi connectivity index (χ0v) is 22.8. The fourth-order valence-corrected chi connectivity index (χ4v) is 6.69. The van der Waals surface area contributed by atoms with E-state index in [0.29, 0.717) is 18.0 Å². The molecule has 37 heavy (non-hydrogen) atoms. The van der Waals surface area contributed by atoms with Gasteiger partial charge in [0.15, 0.2) is 5.17 Å². The minimum absolute atomic E-state index is 0.000226. The third-order valence-electron chi connectivity index (χ3n) is 6.27. The molecule has 5 rings (SSSR count). The number of anilines is 1. The van der Waals surface area contributed by atoms with Crippen molar-refractivity contribution in [1.82, 2.24) is 4.90 Å². The van der Waals surface area contributed by atoms with E-state index in [-0.39, 0.29) is 5.91 Å². The first-order chi connectivity index (χ1) is 18.1. The molecule has 0 radical (unpaired) electrons. The van der Waals surface area contributed by atoms with E-state index in [1.165, 1.54) is 11.8 Å². The van der Waals surface area contributed by atoms with Gasteiger partial charge in [0.05, 0.1) is 29.3 Å². The van der Waals surface area contributed by atoms with Crippen LogP contribution in [-0.4, -0.2) is 36.2 Å². The molecule has 0 unspecified atom stereocenters. The number of fused-ring (bicyclic) bond motifs is 1. The number of aliphatic imine (C=N–C) groups is 1. The number of likely N-dealkylation sites (N-methyl/N-ethyl adjacent to an activating group) is 1. The quantitative estimate of drug-likeness (QED) is 0.309. The number of hydrogen-bond donors (Lipinski definition) is 0. The van der Waals surface area contributed by atoms with Gasteiger partial charge in [-0.05, 0) is 61.0 Å². The third-order valence-corrected chi connectivity index (χ3v) is 8.50. The lowest BCUT2D eigenvalue weighted by molar-refractivity contribution is -0.122. The van der Waals surface area contributed by atoms with Crippen LogP contribution in [0.4, 0.5) is 5.69 Å². The molecule has 3 aromatic rings. The Hall–Kier alpha value is -3.42. The highest BCUT2D eigenvalue weighted by atomic mass is 32.2. The number of carbonyl (C=O) groups is 1. The van der Waals surface area contributed by atoms with Crippen LogP contribution in [0.2, 0.25) is 0 Å². The molecule has 0 aromatic heterocycles. The molecule has 188 valence electrons. The Morgan fingerprint density at radius 3 is 2.30 bits per heavy atom. The van der Waals surface area contributed by atoms with E-state index in [1.807, 2.05) is 49.4 Å². The van der Waals surface area contributed by atoms with Gasteiger partial charge in [-0.1, -0.05) is 72.4 Å². The molecule has 1 fully saturated rings. The van der Waals surface area contributed by atoms with Crippen LogP contribution in [0, 0.1) is 0 Å². The number of carbonyl (C=O) groups excluding carboxylic acids is 1. The number of benzene rings is 3. The van der Waals surface area contributed by atoms with Crippen LogP contribution in [0.25, 0.3) is 5.57 Å². The fraction of sp³-hybridized carbons (Fsp3) is 0.200. The second kappa shape index (κ2) is 11.3. The molecule has 0 aliphatic carbocycles. The summed E-state index contributed by atoms with van der Waals surface area (Å²) in [4.78, 5) is 24.5. The molecule has 3 aromatic carbocycles. The number of ether oxygens (including phenoxy) is 1. The predicted molar refractivity (Wildman–Crippen MR) is 156 cm³/mol. The average molecular weight is 528 g/mol. The van der Waals surface area contributed by atoms with E-state index in [1.54, 1.807) is 23.8 Å². The van der Waals surface area contributed by atoms with Crippen LogP contribution >= 0.6 is 23.5 Å². The molecule has 2 aliphatic rings. The minimum Gasteiger partial charge on any atom is -0.497 e. The lowest BCUT2D eigenvalue weighted by Gasteiger charge is -2.19. The van der Waals surface area contributed by atoms with Crippen LogP contribution in [0.15, 0.2) is 105 Å². The van der Waals surface area contributed by atoms with Gasteiger partial charge in [-0.25, -0.2) is 0 Å². The Morgan fingerprint density at radius 1 is 0.919 bits per heavy atom. The van der Waals surface area contributed by atoms with Crippen molar-refractivity contribution in [3.63, 3.8) is 0 Å². The summed E-state index contributed by atoms with van der Waals surface area (Å²) >= 11 is 3.17. The van der Waals surface area contributed by atoms with Gasteiger partial charge in [-0.15, -0.1) is 0 Å². The average Bonchev–Trinajstić information content (AvgIpc) is 3.46. The summed E-state index contributed by atoms with van der Waals surface area (Å²) in [6, 6.07) is 26.5. The third kappa shape index (κ3) is 5.20. The molecule has 0 N–H and O–H groups in total. The van der Waals surface area contributed by atoms with Crippen molar-refractivity contribution in [2.75, 3.05) is 25.1 Å². The summed E-state index contributed by atoms with van der Waals surface area (Å²) in [5, 5.41) is 1.83. The molecule has 7 heteroatoms. The second-order valence-electron chi connectivity index (χ2n) is 8.51. The highest BCUT2D eigenvalue weighted by Crippen LogP contribution is 2.49. The number of hydrogen-bond acceptors (Lipinski definition) is 6. The van der Waals surface area contributed by atoms with Crippen LogP contribution in [0.5, 0.6) is 5.75 Å². The summed E-state index contributed by atoms with van der Waals surface area (Å²) < 4.78 is 5.45. The van der Waals surface area contributed by atoms with Gasteiger partial charge in [-0.2, -0.15) is 0 Å². The van der Waals surface area contributed by atoms with E-state index >= 15 is 0 Å². The minimum atomic E-state index is 0.000226. The zero-order chi connectivity index (χ0) is 25.8. The molecule has 0 atom stereocenters. The van der Waals surface area contributed by atoms with Crippen molar-refractivity contribution < 1.29 is 9.53 Å². The van der Waals surface area contributed by atoms with Gasteiger partial charge in [0.1, 0.15) is 5.75 Å². The summed E-state index contributed by atoms with van der Waals surface area (Å²) in [6.45, 7) is 6.07. The summed E-state index contributed by atoms with van der Waals surface area (Å²) in [5.74, 6) is 0.838. The maximum absolute atomic E-state index is 13.7. The van der Waals surface area contributed by atoms with Crippen molar-refractivity contribution in [3.8, 4) is 5.75 Å². The first kappa shape index (κ1) is 25.2. The van der Waals surface area contributed by atoms with Crippen LogP contribution in [0.3, 0.4) is 0 Å². The summed E-state index contributed by atoms with van der Waals surface area (Å²) in [7, 11) is 1.69. The molecule has 2 aliphatic heterocycles. The standard InChI is InChI=1S/C30H29N3O2S2/c1-4-32-25-17-16-23(35-3)18-26(25)36-27(32)19-24(22-14-10-7-11-15-22)28-29(34)33(5-2)30(37-28)31-20-21-12-8-6-9-13-21/h6-19H,4-5,20H2,1-3H3/b27-19-,28-24-,31-30?. The van der Waals surface area contributed by atoms with Gasteiger partial charge >= 0.3 is 0 Å². The molecular formula is C30H29N3O2S2. The molecule has 0 spiro atoms. The maximum atomic E-state index is 13.7. The van der Waals surface area contributed by atoms with Crippen molar-refractivity contribution in [2.45, 2.75) is 25.3 Å². The number of nitrogens with zero attached hydrogens (tertiary/aromatic N) is 3. The van der Waals surface area contributed by atoms with Crippen molar-refractivity contribution in [3.05, 3.63) is 106 Å². The Bertz CT molecular complexity index is 1380. The number of methoxy groups -OCH3 is 1. The first-order valence-electron chi connectivity index (χ1n) is 12.4. The fourth-order valence-electron chi connectivity index (χ4n) is 4.38. The predicted octanol–water partition coefficient (Wildman–Crippen LogP) is 7.03. The highest BCUT2D eigenvalue weighted by molar-refractivity contribution is 8.18. The molecule has 0 saturated carbocycles. The van der Waals surface area contributed by atoms with E-state index in [2.05, 4.69) is 54.3 Å². The summed E-state index contributed by atoms with van der Waals surface area (Å²) in [6.07, 6.45) is 2.16. The van der Waals surface area contributed by atoms with Crippen LogP contribution < -0.4 is 9.64 Å². The van der Waals surface area contributed by atoms with Crippen molar-refractivity contribution in [2.24, 2.45) is 4.99 Å². The Morgan fingerprint density at radius 2 is 1.62 bits per heavy atom. The van der Waals surface area contributed by atoms with Crippen molar-refractivity contribution >= 4 is 45.9 Å². The lowest BCUT2D eigenvalue weighted by atomic mass is 10.0. The van der Waals surface area contributed by atoms with Crippen LogP contribution in [0.1, 0.15) is 25.0 Å². The maximum Gasteiger partial charge on any atom is 0.267 e. The first-order valence-corrected chi connectivity index (χ1v) is 14.0. The van der Waals surface area contributed by atoms with E-state index < -0.39 is 0 Å². The smallest absolute Gasteiger partial charge is 0.267 e. The molecule has 1 amide bonds. The van der Waals surface area contributed by atoms with Gasteiger partial charge in [0.25, 0.3) is 5.91 Å². The lowest BCUT2D eigenvalue weighted by Crippen LogP contribution is -2.29. The molecule has 2 heterocycles. The Balaban J connectivity index is 1.57. The van der Waals surface area contributed by atoms with Crippen LogP contribution in [-0.2, 0) is 11.3 Å². The number of amides is 1. The van der Waals surface area contributed by atoms with Gasteiger partial charge in [-0.3, -0.25) is 14.7 Å². The molecule has 5 nitrogen and oxygen atoms in total. The van der Waals surface area contributed by atoms with Gasteiger partial charge in [0, 0.05) is 23.6 Å². The Labute approximate surface area is 226 Å². The highest BCUT2D eigenvalue weighted by Gasteiger charge is 2.35. The van der Waals surface area contributed by atoms with Crippen molar-refractivity contribution in [1.29, 1.82) is 0 Å². The molecule has 1 saturated heterocycles. The zero-order valence-electron chi connectivity index (χ0n) is 21.2. The SMILES string of the molecule is CCN1C(=O)/C(=C(\C=C2/Sc3cc(OC)ccc3N2CC)c2ccccc2)SC1=NCc1ccccc1. The topological polar surface area (TPSA) is 45.1 Å². The number of thioether (sulfide) groups is 2. The van der Waals surface area contributed by atoms with Gasteiger partial charge in [0.2, 0.25) is 0 Å². The van der Waals surface area contributed by atoms with E-state index in [0.717, 1.165) is 49.8 Å². The largest absolute Gasteiger partial charge is 0.497 e. The Kier molecular flexibility index (Phi) is 7.72. The molecular weight excluding hydrogens is 498 g/mol. The number of allylic oxidation sites excluding steroid dienone is 2. The summed E-state index contributed by atoms with van der Waals surface area (Å²) in [5.41, 5.74) is 4.20. The second-order valence-corrected chi connectivity index (χ2v) is 10.5. The van der Waals surface area contributed by atoms with E-state index in [4.69, 9.17) is 9.73 Å². The monoisotopic (exact) mass is 527 g/mol. The van der Waals surface area contributed by atoms with E-state index in [9.17, 15) is 4.79 Å². The van der Waals surface area contributed by atoms with Gasteiger partial charge < -0.3 is 9.64 Å². The molecule has 0 bridgehead atoms.